The van der Waals surface area contributed by atoms with Gasteiger partial charge < -0.3 is 9.47 Å². The predicted molar refractivity (Wildman–Crippen MR) is 129 cm³/mol. The molecule has 0 saturated carbocycles. The molecule has 31 heavy (non-hydrogen) atoms. The summed E-state index contributed by atoms with van der Waals surface area (Å²) in [5, 5.41) is 0.941. The molecule has 0 aromatic heterocycles. The first-order chi connectivity index (χ1) is 15.0. The minimum Gasteiger partial charge on any atom is -0.490 e. The largest absolute Gasteiger partial charge is 0.490 e. The van der Waals surface area contributed by atoms with Gasteiger partial charge in [0.25, 0.3) is 0 Å². The second kappa shape index (κ2) is 11.4. The molecular weight excluding hydrogens is 455 g/mol. The van der Waals surface area contributed by atoms with Gasteiger partial charge in [-0.3, -0.25) is 4.79 Å². The van der Waals surface area contributed by atoms with Crippen molar-refractivity contribution in [3.63, 3.8) is 0 Å². The molecule has 0 atom stereocenters. The Bertz CT molecular complexity index is 992. The predicted octanol–water partition coefficient (Wildman–Crippen LogP) is 7.69. The van der Waals surface area contributed by atoms with Gasteiger partial charge >= 0.3 is 0 Å². The van der Waals surface area contributed by atoms with Crippen LogP contribution in [0.5, 0.6) is 11.5 Å². The molecule has 3 nitrogen and oxygen atoms in total. The maximum Gasteiger partial charge on any atom is 0.169 e. The number of Topliss-reactive ketones (excluding diaryl/α,β-unsaturated/α-hetero) is 1. The van der Waals surface area contributed by atoms with E-state index in [0.717, 1.165) is 28.7 Å². The Morgan fingerprint density at radius 3 is 1.84 bits per heavy atom. The topological polar surface area (TPSA) is 35.5 Å². The third-order valence-electron chi connectivity index (χ3n) is 4.72. The summed E-state index contributed by atoms with van der Waals surface area (Å²) in [6, 6.07) is 19.5. The number of ketones is 1. The van der Waals surface area contributed by atoms with E-state index < -0.39 is 0 Å². The monoisotopic (exact) mass is 476 g/mol. The molecule has 0 radical (unpaired) electrons. The molecule has 3 rings (SSSR count). The standard InChI is InChI=1S/C25H23Cl3O3/c1-2-21(29)16-31-22-10-8-18(9-11-22)17-4-6-19(7-5-17)20-14-23(27)25(24(28)15-20)30-13-3-12-26/h4-11,14-15H,2-3,12-13,16H2,1H3. The minimum atomic E-state index is 0.0785. The molecule has 3 aromatic carbocycles. The highest BCUT2D eigenvalue weighted by Crippen LogP contribution is 2.38. The molecule has 0 aliphatic rings. The fourth-order valence-electron chi connectivity index (χ4n) is 2.96. The van der Waals surface area contributed by atoms with Gasteiger partial charge in [-0.25, -0.2) is 0 Å². The summed E-state index contributed by atoms with van der Waals surface area (Å²) in [6.45, 7) is 2.40. The van der Waals surface area contributed by atoms with Crippen molar-refractivity contribution in [1.82, 2.24) is 0 Å². The van der Waals surface area contributed by atoms with Gasteiger partial charge in [0.15, 0.2) is 11.5 Å². The Hall–Kier alpha value is -2.20. The van der Waals surface area contributed by atoms with E-state index >= 15 is 0 Å². The number of rotatable bonds is 10. The van der Waals surface area contributed by atoms with Gasteiger partial charge in [-0.1, -0.05) is 66.5 Å². The van der Waals surface area contributed by atoms with Crippen molar-refractivity contribution in [2.75, 3.05) is 19.1 Å². The summed E-state index contributed by atoms with van der Waals surface area (Å²) in [5.74, 6) is 1.76. The summed E-state index contributed by atoms with van der Waals surface area (Å²) in [5.41, 5.74) is 4.03. The Morgan fingerprint density at radius 1 is 0.806 bits per heavy atom. The lowest BCUT2D eigenvalue weighted by molar-refractivity contribution is -0.120. The van der Waals surface area contributed by atoms with Crippen LogP contribution in [0.2, 0.25) is 10.0 Å². The molecule has 0 saturated heterocycles. The van der Waals surface area contributed by atoms with E-state index in [1.54, 1.807) is 0 Å². The van der Waals surface area contributed by atoms with Crippen LogP contribution in [0.25, 0.3) is 22.3 Å². The molecule has 0 aliphatic carbocycles. The van der Waals surface area contributed by atoms with Gasteiger partial charge in [0.2, 0.25) is 0 Å². The molecule has 0 fully saturated rings. The average Bonchev–Trinajstić information content (AvgIpc) is 2.79. The summed E-state index contributed by atoms with van der Waals surface area (Å²) in [7, 11) is 0. The Balaban J connectivity index is 1.72. The first kappa shape index (κ1) is 23.5. The highest BCUT2D eigenvalue weighted by Gasteiger charge is 2.11. The van der Waals surface area contributed by atoms with Crippen LogP contribution in [-0.4, -0.2) is 24.9 Å². The second-order valence-electron chi connectivity index (χ2n) is 6.94. The van der Waals surface area contributed by atoms with E-state index in [0.29, 0.717) is 40.5 Å². The molecule has 0 heterocycles. The number of carbonyl (C=O) groups is 1. The van der Waals surface area contributed by atoms with E-state index in [1.165, 1.54) is 0 Å². The van der Waals surface area contributed by atoms with Crippen molar-refractivity contribution in [2.45, 2.75) is 19.8 Å². The molecule has 0 bridgehead atoms. The Morgan fingerprint density at radius 2 is 1.32 bits per heavy atom. The third-order valence-corrected chi connectivity index (χ3v) is 5.55. The lowest BCUT2D eigenvalue weighted by Gasteiger charge is -2.12. The van der Waals surface area contributed by atoms with Crippen LogP contribution >= 0.6 is 34.8 Å². The van der Waals surface area contributed by atoms with Gasteiger partial charge in [0.05, 0.1) is 16.7 Å². The lowest BCUT2D eigenvalue weighted by Crippen LogP contribution is -2.09. The average molecular weight is 478 g/mol. The first-order valence-electron chi connectivity index (χ1n) is 10.0. The zero-order valence-corrected chi connectivity index (χ0v) is 19.4. The maximum absolute atomic E-state index is 11.4. The van der Waals surface area contributed by atoms with Gasteiger partial charge in [-0.05, 0) is 52.9 Å². The van der Waals surface area contributed by atoms with Crippen molar-refractivity contribution in [1.29, 1.82) is 0 Å². The SMILES string of the molecule is CCC(=O)COc1ccc(-c2ccc(-c3cc(Cl)c(OCCCCl)c(Cl)c3)cc2)cc1. The van der Waals surface area contributed by atoms with E-state index in [1.807, 2.05) is 67.6 Å². The first-order valence-corrected chi connectivity index (χ1v) is 11.3. The van der Waals surface area contributed by atoms with Crippen molar-refractivity contribution in [3.05, 3.63) is 70.7 Å². The lowest BCUT2D eigenvalue weighted by atomic mass is 10.00. The quantitative estimate of drug-likeness (QED) is 0.222. The van der Waals surface area contributed by atoms with Crippen molar-refractivity contribution < 1.29 is 14.3 Å². The number of hydrogen-bond donors (Lipinski definition) is 0. The minimum absolute atomic E-state index is 0.0785. The summed E-state index contributed by atoms with van der Waals surface area (Å²) >= 11 is 18.5. The summed E-state index contributed by atoms with van der Waals surface area (Å²) in [6.07, 6.45) is 1.20. The Labute approximate surface area is 197 Å². The van der Waals surface area contributed by atoms with E-state index in [-0.39, 0.29) is 12.4 Å². The van der Waals surface area contributed by atoms with E-state index in [4.69, 9.17) is 44.3 Å². The highest BCUT2D eigenvalue weighted by atomic mass is 35.5. The number of hydrogen-bond acceptors (Lipinski definition) is 3. The Kier molecular flexibility index (Phi) is 8.65. The summed E-state index contributed by atoms with van der Waals surface area (Å²) in [4.78, 5) is 11.4. The second-order valence-corrected chi connectivity index (χ2v) is 8.14. The van der Waals surface area contributed by atoms with Crippen LogP contribution in [0.15, 0.2) is 60.7 Å². The van der Waals surface area contributed by atoms with Crippen LogP contribution in [0, 0.1) is 0 Å². The van der Waals surface area contributed by atoms with E-state index in [9.17, 15) is 4.79 Å². The van der Waals surface area contributed by atoms with Crippen molar-refractivity contribution in [2.24, 2.45) is 0 Å². The molecule has 6 heteroatoms. The van der Waals surface area contributed by atoms with Crippen LogP contribution in [0.1, 0.15) is 19.8 Å². The zero-order chi connectivity index (χ0) is 22.2. The number of benzene rings is 3. The number of halogens is 3. The molecule has 3 aromatic rings. The molecule has 0 N–H and O–H groups in total. The van der Waals surface area contributed by atoms with Crippen molar-refractivity contribution >= 4 is 40.6 Å². The maximum atomic E-state index is 11.4. The van der Waals surface area contributed by atoms with Gasteiger partial charge in [0, 0.05) is 12.3 Å². The van der Waals surface area contributed by atoms with Gasteiger partial charge in [-0.2, -0.15) is 0 Å². The van der Waals surface area contributed by atoms with Crippen molar-refractivity contribution in [3.8, 4) is 33.8 Å². The highest BCUT2D eigenvalue weighted by molar-refractivity contribution is 6.37. The smallest absolute Gasteiger partial charge is 0.169 e. The molecule has 162 valence electrons. The molecular formula is C25H23Cl3O3. The number of carbonyl (C=O) groups excluding carboxylic acids is 1. The van der Waals surface area contributed by atoms with Gasteiger partial charge in [-0.15, -0.1) is 11.6 Å². The molecule has 0 amide bonds. The number of alkyl halides is 1. The molecule has 0 aliphatic heterocycles. The fourth-order valence-corrected chi connectivity index (χ4v) is 3.66. The van der Waals surface area contributed by atoms with Crippen LogP contribution in [-0.2, 0) is 4.79 Å². The fraction of sp³-hybridized carbons (Fsp3) is 0.240. The van der Waals surface area contributed by atoms with E-state index in [2.05, 4.69) is 0 Å². The third kappa shape index (κ3) is 6.39. The molecule has 0 spiro atoms. The van der Waals surface area contributed by atoms with Crippen LogP contribution in [0.4, 0.5) is 0 Å². The number of ether oxygens (including phenoxy) is 2. The van der Waals surface area contributed by atoms with Crippen LogP contribution in [0.3, 0.4) is 0 Å². The zero-order valence-electron chi connectivity index (χ0n) is 17.2. The van der Waals surface area contributed by atoms with Gasteiger partial charge in [0.1, 0.15) is 12.4 Å². The summed E-state index contributed by atoms with van der Waals surface area (Å²) < 4.78 is 11.1. The van der Waals surface area contributed by atoms with Crippen LogP contribution < -0.4 is 9.47 Å². The molecule has 0 unspecified atom stereocenters. The normalized spacial score (nSPS) is 10.7.